The minimum atomic E-state index is -0.337. The maximum Gasteiger partial charge on any atom is 0.277 e. The summed E-state index contributed by atoms with van der Waals surface area (Å²) in [4.78, 5) is 16.3. The number of para-hydroxylation sites is 2. The van der Waals surface area contributed by atoms with E-state index < -0.39 is 0 Å². The zero-order valence-corrected chi connectivity index (χ0v) is 19.5. The molecule has 0 atom stereocenters. The maximum absolute atomic E-state index is 11.7. The van der Waals surface area contributed by atoms with Gasteiger partial charge in [0.2, 0.25) is 5.89 Å². The number of hydrogen-bond acceptors (Lipinski definition) is 4. The van der Waals surface area contributed by atoms with Crippen LogP contribution in [0.25, 0.3) is 61.2 Å². The molecule has 0 radical (unpaired) electrons. The summed E-state index contributed by atoms with van der Waals surface area (Å²) in [6, 6.07) is 36.8. The van der Waals surface area contributed by atoms with Gasteiger partial charge in [0.05, 0.1) is 21.5 Å². The van der Waals surface area contributed by atoms with Crippen LogP contribution in [0.5, 0.6) is 0 Å². The Hall–Kier alpha value is -5.23. The lowest BCUT2D eigenvalue weighted by Gasteiger charge is -2.09. The van der Waals surface area contributed by atoms with Crippen LogP contribution in [-0.2, 0) is 0 Å². The Balaban J connectivity index is 1.58. The molecule has 0 saturated heterocycles. The number of nitro benzene ring substituents is 1. The molecule has 0 spiro atoms. The Bertz CT molecular complexity index is 1950. The number of nitro groups is 1. The van der Waals surface area contributed by atoms with Gasteiger partial charge in [0.15, 0.2) is 5.58 Å². The largest absolute Gasteiger partial charge is 0.436 e. The monoisotopic (exact) mass is 481 g/mol. The van der Waals surface area contributed by atoms with Gasteiger partial charge in [-0.2, -0.15) is 0 Å². The highest BCUT2D eigenvalue weighted by Crippen LogP contribution is 2.40. The molecule has 2 aromatic heterocycles. The Morgan fingerprint density at radius 2 is 1.43 bits per heavy atom. The SMILES string of the molecule is O=[N+]([O-])c1ccccc1-c1ccc2c3ccc4oc(-c5ccccc5)nc4c3n(-c3ccccc3)c2c1. The van der Waals surface area contributed by atoms with Crippen LogP contribution in [0.1, 0.15) is 0 Å². The number of nitrogens with zero attached hydrogens (tertiary/aromatic N) is 3. The predicted molar refractivity (Wildman–Crippen MR) is 146 cm³/mol. The van der Waals surface area contributed by atoms with Gasteiger partial charge in [-0.3, -0.25) is 10.1 Å². The van der Waals surface area contributed by atoms with Crippen LogP contribution in [0.2, 0.25) is 0 Å². The Morgan fingerprint density at radius 1 is 0.730 bits per heavy atom. The molecule has 0 fully saturated rings. The van der Waals surface area contributed by atoms with Crippen molar-refractivity contribution < 1.29 is 9.34 Å². The molecule has 7 rings (SSSR count). The molecule has 37 heavy (non-hydrogen) atoms. The second-order valence-electron chi connectivity index (χ2n) is 8.87. The third kappa shape index (κ3) is 3.31. The molecule has 2 heterocycles. The quantitative estimate of drug-likeness (QED) is 0.188. The zero-order chi connectivity index (χ0) is 24.9. The van der Waals surface area contributed by atoms with Crippen LogP contribution in [-0.4, -0.2) is 14.5 Å². The normalized spacial score (nSPS) is 11.5. The van der Waals surface area contributed by atoms with E-state index in [0.29, 0.717) is 17.0 Å². The molecule has 0 saturated carbocycles. The number of rotatable bonds is 4. The first-order valence-electron chi connectivity index (χ1n) is 11.9. The molecular weight excluding hydrogens is 462 g/mol. The van der Waals surface area contributed by atoms with Gasteiger partial charge in [-0.15, -0.1) is 0 Å². The van der Waals surface area contributed by atoms with Crippen molar-refractivity contribution in [3.05, 3.63) is 125 Å². The first-order valence-corrected chi connectivity index (χ1v) is 11.9. The smallest absolute Gasteiger partial charge is 0.277 e. The first kappa shape index (κ1) is 21.1. The summed E-state index contributed by atoms with van der Waals surface area (Å²) in [5.74, 6) is 0.563. The lowest BCUT2D eigenvalue weighted by molar-refractivity contribution is -0.384. The van der Waals surface area contributed by atoms with Crippen LogP contribution < -0.4 is 0 Å². The molecule has 0 bridgehead atoms. The molecule has 176 valence electrons. The van der Waals surface area contributed by atoms with Crippen LogP contribution in [0.4, 0.5) is 5.69 Å². The van der Waals surface area contributed by atoms with Gasteiger partial charge in [0, 0.05) is 28.1 Å². The molecule has 6 heteroatoms. The number of hydrogen-bond donors (Lipinski definition) is 0. The summed E-state index contributed by atoms with van der Waals surface area (Å²) >= 11 is 0. The van der Waals surface area contributed by atoms with Crippen molar-refractivity contribution in [3.63, 3.8) is 0 Å². The van der Waals surface area contributed by atoms with E-state index in [2.05, 4.69) is 10.6 Å². The topological polar surface area (TPSA) is 74.1 Å². The highest BCUT2D eigenvalue weighted by molar-refractivity contribution is 6.17. The molecule has 0 N–H and O–H groups in total. The Kier molecular flexibility index (Phi) is 4.66. The average molecular weight is 482 g/mol. The molecule has 0 aliphatic rings. The Morgan fingerprint density at radius 3 is 2.22 bits per heavy atom. The Labute approximate surface area is 211 Å². The lowest BCUT2D eigenvalue weighted by atomic mass is 10.0. The highest BCUT2D eigenvalue weighted by atomic mass is 16.6. The summed E-state index contributed by atoms with van der Waals surface area (Å²) < 4.78 is 8.35. The number of aromatic nitrogens is 2. The first-order chi connectivity index (χ1) is 18.2. The van der Waals surface area contributed by atoms with Crippen LogP contribution in [0.15, 0.2) is 120 Å². The molecule has 7 aromatic rings. The van der Waals surface area contributed by atoms with Gasteiger partial charge in [0.1, 0.15) is 5.52 Å². The third-order valence-corrected chi connectivity index (χ3v) is 6.73. The van der Waals surface area contributed by atoms with Crippen LogP contribution in [0, 0.1) is 10.1 Å². The van der Waals surface area contributed by atoms with Crippen molar-refractivity contribution in [3.8, 4) is 28.3 Å². The zero-order valence-electron chi connectivity index (χ0n) is 19.5. The number of fused-ring (bicyclic) bond motifs is 5. The number of oxazole rings is 1. The van der Waals surface area contributed by atoms with Gasteiger partial charge < -0.3 is 8.98 Å². The summed E-state index contributed by atoms with van der Waals surface area (Å²) in [6.07, 6.45) is 0. The lowest BCUT2D eigenvalue weighted by Crippen LogP contribution is -1.95. The van der Waals surface area contributed by atoms with Crippen molar-refractivity contribution in [2.75, 3.05) is 0 Å². The fourth-order valence-electron chi connectivity index (χ4n) is 5.08. The molecule has 0 amide bonds. The number of benzene rings is 5. The summed E-state index contributed by atoms with van der Waals surface area (Å²) in [7, 11) is 0. The van der Waals surface area contributed by atoms with E-state index in [1.807, 2.05) is 91.0 Å². The highest BCUT2D eigenvalue weighted by Gasteiger charge is 2.21. The maximum atomic E-state index is 11.7. The fraction of sp³-hybridized carbons (Fsp3) is 0. The molecule has 5 aromatic carbocycles. The van der Waals surface area contributed by atoms with Crippen molar-refractivity contribution in [1.29, 1.82) is 0 Å². The van der Waals surface area contributed by atoms with E-state index in [9.17, 15) is 10.1 Å². The van der Waals surface area contributed by atoms with E-state index in [4.69, 9.17) is 9.40 Å². The van der Waals surface area contributed by atoms with Gasteiger partial charge >= 0.3 is 0 Å². The fourth-order valence-corrected chi connectivity index (χ4v) is 5.08. The van der Waals surface area contributed by atoms with E-state index in [1.165, 1.54) is 6.07 Å². The predicted octanol–water partition coefficient (Wildman–Crippen LogP) is 8.17. The molecule has 0 unspecified atom stereocenters. The second-order valence-corrected chi connectivity index (χ2v) is 8.87. The van der Waals surface area contributed by atoms with E-state index in [-0.39, 0.29) is 10.6 Å². The van der Waals surface area contributed by atoms with Crippen molar-refractivity contribution in [2.24, 2.45) is 0 Å². The molecule has 6 nitrogen and oxygen atoms in total. The van der Waals surface area contributed by atoms with E-state index in [1.54, 1.807) is 12.1 Å². The van der Waals surface area contributed by atoms with Crippen LogP contribution in [0.3, 0.4) is 0 Å². The second kappa shape index (κ2) is 8.17. The van der Waals surface area contributed by atoms with Gasteiger partial charge in [0.25, 0.3) is 5.69 Å². The van der Waals surface area contributed by atoms with Crippen molar-refractivity contribution >= 4 is 38.6 Å². The average Bonchev–Trinajstić information content (AvgIpc) is 3.53. The minimum absolute atomic E-state index is 0.0793. The summed E-state index contributed by atoms with van der Waals surface area (Å²) in [6.45, 7) is 0. The van der Waals surface area contributed by atoms with Gasteiger partial charge in [-0.05, 0) is 54.1 Å². The van der Waals surface area contributed by atoms with E-state index >= 15 is 0 Å². The molecular formula is C31H19N3O3. The van der Waals surface area contributed by atoms with Gasteiger partial charge in [-0.1, -0.05) is 60.7 Å². The standard InChI is InChI=1S/C31H19N3O3/c35-34(36)26-14-8-7-13-23(26)21-15-16-24-25-17-18-28-29(32-31(37-28)20-9-3-1-4-10-20)30(25)33(27(24)19-21)22-11-5-2-6-12-22/h1-19H. The molecule has 0 aliphatic heterocycles. The van der Waals surface area contributed by atoms with Crippen molar-refractivity contribution in [1.82, 2.24) is 9.55 Å². The summed E-state index contributed by atoms with van der Waals surface area (Å²) in [5.41, 5.74) is 6.66. The third-order valence-electron chi connectivity index (χ3n) is 6.73. The minimum Gasteiger partial charge on any atom is -0.436 e. The van der Waals surface area contributed by atoms with Crippen LogP contribution >= 0.6 is 0 Å². The summed E-state index contributed by atoms with van der Waals surface area (Å²) in [5, 5.41) is 13.8. The van der Waals surface area contributed by atoms with Gasteiger partial charge in [-0.25, -0.2) is 4.98 Å². The molecule has 0 aliphatic carbocycles. The van der Waals surface area contributed by atoms with Crippen molar-refractivity contribution in [2.45, 2.75) is 0 Å². The van der Waals surface area contributed by atoms with E-state index in [0.717, 1.165) is 44.1 Å².